The number of fused-ring (bicyclic) bond motifs is 1. The smallest absolute Gasteiger partial charge is 0.253 e. The largest absolute Gasteiger partial charge is 0.493 e. The number of amides is 1. The maximum atomic E-state index is 12.8. The summed E-state index contributed by atoms with van der Waals surface area (Å²) in [5.41, 5.74) is 2.88. The number of nitrogens with one attached hydrogen (secondary N) is 1. The molecule has 1 aliphatic rings. The van der Waals surface area contributed by atoms with Gasteiger partial charge in [-0.1, -0.05) is 30.7 Å². The molecule has 0 radical (unpaired) electrons. The molecular formula is C22H27ClN2O3. The summed E-state index contributed by atoms with van der Waals surface area (Å²) in [6.45, 7) is 6.00. The average molecular weight is 403 g/mol. The van der Waals surface area contributed by atoms with E-state index < -0.39 is 0 Å². The lowest BCUT2D eigenvalue weighted by Gasteiger charge is -2.40. The zero-order valence-corrected chi connectivity index (χ0v) is 17.5. The highest BCUT2D eigenvalue weighted by Crippen LogP contribution is 2.39. The predicted octanol–water partition coefficient (Wildman–Crippen LogP) is 4.09. The highest BCUT2D eigenvalue weighted by molar-refractivity contribution is 6.33. The molecule has 0 saturated carbocycles. The molecule has 0 spiro atoms. The first-order valence-electron chi connectivity index (χ1n) is 9.54. The molecule has 0 aliphatic carbocycles. The van der Waals surface area contributed by atoms with Crippen molar-refractivity contribution in [2.24, 2.45) is 0 Å². The second kappa shape index (κ2) is 8.84. The normalized spacial score (nSPS) is 17.5. The minimum absolute atomic E-state index is 0.0417. The van der Waals surface area contributed by atoms with Gasteiger partial charge in [-0.15, -0.1) is 0 Å². The Morgan fingerprint density at radius 2 is 1.93 bits per heavy atom. The lowest BCUT2D eigenvalue weighted by atomic mass is 9.88. The molecule has 3 rings (SSSR count). The number of nitrogens with zero attached hydrogens (tertiary/aromatic N) is 1. The Hall–Kier alpha value is -2.24. The van der Waals surface area contributed by atoms with E-state index in [1.54, 1.807) is 26.4 Å². The number of rotatable bonds is 6. The van der Waals surface area contributed by atoms with Gasteiger partial charge in [0.05, 0.1) is 30.8 Å². The van der Waals surface area contributed by atoms with E-state index in [1.165, 1.54) is 5.56 Å². The Morgan fingerprint density at radius 3 is 2.57 bits per heavy atom. The van der Waals surface area contributed by atoms with Gasteiger partial charge in [-0.05, 0) is 55.3 Å². The molecule has 6 heteroatoms. The molecular weight excluding hydrogens is 376 g/mol. The molecule has 0 unspecified atom stereocenters. The third-order valence-electron chi connectivity index (χ3n) is 5.38. The second-order valence-corrected chi connectivity index (χ2v) is 7.38. The molecule has 150 valence electrons. The number of benzene rings is 2. The van der Waals surface area contributed by atoms with Crippen LogP contribution in [0.3, 0.4) is 0 Å². The second-order valence-electron chi connectivity index (χ2n) is 6.97. The Morgan fingerprint density at radius 1 is 1.25 bits per heavy atom. The van der Waals surface area contributed by atoms with Crippen molar-refractivity contribution in [3.05, 3.63) is 58.1 Å². The number of likely N-dealkylation sites (N-methyl/N-ethyl adjacent to an activating group) is 1. The van der Waals surface area contributed by atoms with E-state index in [-0.39, 0.29) is 18.0 Å². The van der Waals surface area contributed by atoms with Gasteiger partial charge in [0.1, 0.15) is 0 Å². The minimum atomic E-state index is -0.165. The van der Waals surface area contributed by atoms with Crippen LogP contribution in [-0.2, 0) is 6.42 Å². The van der Waals surface area contributed by atoms with Crippen molar-refractivity contribution in [3.8, 4) is 11.5 Å². The molecule has 0 bridgehead atoms. The predicted molar refractivity (Wildman–Crippen MR) is 112 cm³/mol. The summed E-state index contributed by atoms with van der Waals surface area (Å²) in [6, 6.07) is 11.1. The molecule has 1 aliphatic heterocycles. The Kier molecular flexibility index (Phi) is 6.47. The molecule has 0 aromatic heterocycles. The molecule has 2 aromatic carbocycles. The first-order chi connectivity index (χ1) is 13.5. The number of carbonyl (C=O) groups is 1. The van der Waals surface area contributed by atoms with Crippen LogP contribution in [0.25, 0.3) is 0 Å². The lowest BCUT2D eigenvalue weighted by molar-refractivity contribution is 0.0889. The van der Waals surface area contributed by atoms with Crippen LogP contribution >= 0.6 is 11.6 Å². The summed E-state index contributed by atoms with van der Waals surface area (Å²) >= 11 is 6.20. The summed E-state index contributed by atoms with van der Waals surface area (Å²) in [5.74, 6) is 1.27. The van der Waals surface area contributed by atoms with E-state index in [4.69, 9.17) is 21.1 Å². The molecule has 0 fully saturated rings. The molecule has 1 N–H and O–H groups in total. The van der Waals surface area contributed by atoms with Gasteiger partial charge >= 0.3 is 0 Å². The lowest BCUT2D eigenvalue weighted by Crippen LogP contribution is -2.47. The Labute approximate surface area is 171 Å². The number of ether oxygens (including phenoxy) is 2. The molecule has 1 amide bonds. The van der Waals surface area contributed by atoms with E-state index in [1.807, 2.05) is 25.1 Å². The van der Waals surface area contributed by atoms with Crippen LogP contribution in [0.4, 0.5) is 0 Å². The quantitative estimate of drug-likeness (QED) is 0.790. The molecule has 1 heterocycles. The maximum absolute atomic E-state index is 12.8. The van der Waals surface area contributed by atoms with Crippen LogP contribution < -0.4 is 14.8 Å². The van der Waals surface area contributed by atoms with Crippen molar-refractivity contribution in [2.45, 2.75) is 32.4 Å². The van der Waals surface area contributed by atoms with Crippen LogP contribution in [0.15, 0.2) is 36.4 Å². The fourth-order valence-corrected chi connectivity index (χ4v) is 4.20. The molecule has 28 heavy (non-hydrogen) atoms. The van der Waals surface area contributed by atoms with Gasteiger partial charge in [0.15, 0.2) is 11.5 Å². The van der Waals surface area contributed by atoms with Gasteiger partial charge in [-0.25, -0.2) is 0 Å². The summed E-state index contributed by atoms with van der Waals surface area (Å²) in [7, 11) is 3.29. The van der Waals surface area contributed by atoms with Gasteiger partial charge in [0, 0.05) is 12.6 Å². The van der Waals surface area contributed by atoms with Crippen LogP contribution in [0.5, 0.6) is 11.5 Å². The molecule has 2 aromatic rings. The van der Waals surface area contributed by atoms with Gasteiger partial charge in [0.25, 0.3) is 5.91 Å². The van der Waals surface area contributed by atoms with Crippen molar-refractivity contribution in [3.63, 3.8) is 0 Å². The maximum Gasteiger partial charge on any atom is 0.253 e. The standard InChI is InChI=1S/C22H27ClN2O3/c1-5-25-11-10-15-12-19(27-3)20(28-4)13-17(15)21(25)14(2)24-22(26)16-8-6-7-9-18(16)23/h6-9,12-14,21H,5,10-11H2,1-4H3,(H,24,26)/t14-,21+/m1/s1. The molecule has 2 atom stereocenters. The summed E-state index contributed by atoms with van der Waals surface area (Å²) in [4.78, 5) is 15.2. The SMILES string of the molecule is CCN1CCc2cc(OC)c(OC)cc2[C@@H]1[C@@H](C)NC(=O)c1ccccc1Cl. The van der Waals surface area contributed by atoms with Crippen molar-refractivity contribution >= 4 is 17.5 Å². The first-order valence-corrected chi connectivity index (χ1v) is 9.92. The average Bonchev–Trinajstić information content (AvgIpc) is 2.71. The number of halogens is 1. The Balaban J connectivity index is 1.93. The highest BCUT2D eigenvalue weighted by Gasteiger charge is 2.33. The topological polar surface area (TPSA) is 50.8 Å². The van der Waals surface area contributed by atoms with Gasteiger partial charge < -0.3 is 14.8 Å². The van der Waals surface area contributed by atoms with Crippen LogP contribution in [0.1, 0.15) is 41.4 Å². The number of methoxy groups -OCH3 is 2. The first kappa shape index (κ1) is 20.5. The third kappa shape index (κ3) is 3.96. The monoisotopic (exact) mass is 402 g/mol. The third-order valence-corrected chi connectivity index (χ3v) is 5.71. The fourth-order valence-electron chi connectivity index (χ4n) is 3.98. The van der Waals surface area contributed by atoms with Crippen molar-refractivity contribution in [2.75, 3.05) is 27.3 Å². The molecule has 5 nitrogen and oxygen atoms in total. The highest BCUT2D eigenvalue weighted by atomic mass is 35.5. The Bertz CT molecular complexity index is 856. The summed E-state index contributed by atoms with van der Waals surface area (Å²) < 4.78 is 11.0. The van der Waals surface area contributed by atoms with E-state index in [2.05, 4.69) is 23.2 Å². The number of carbonyl (C=O) groups excluding carboxylic acids is 1. The van der Waals surface area contributed by atoms with E-state index in [0.717, 1.165) is 30.8 Å². The van der Waals surface area contributed by atoms with Gasteiger partial charge in [-0.3, -0.25) is 9.69 Å². The van der Waals surface area contributed by atoms with E-state index in [0.29, 0.717) is 16.3 Å². The zero-order valence-electron chi connectivity index (χ0n) is 16.8. The fraction of sp³-hybridized carbons (Fsp3) is 0.409. The zero-order chi connectivity index (χ0) is 20.3. The summed E-state index contributed by atoms with van der Waals surface area (Å²) in [6.07, 6.45) is 0.936. The van der Waals surface area contributed by atoms with Crippen LogP contribution in [0.2, 0.25) is 5.02 Å². The van der Waals surface area contributed by atoms with Crippen LogP contribution in [-0.4, -0.2) is 44.2 Å². The van der Waals surface area contributed by atoms with Gasteiger partial charge in [0.2, 0.25) is 0 Å². The van der Waals surface area contributed by atoms with Crippen molar-refractivity contribution < 1.29 is 14.3 Å². The molecule has 0 saturated heterocycles. The van der Waals surface area contributed by atoms with E-state index in [9.17, 15) is 4.79 Å². The minimum Gasteiger partial charge on any atom is -0.493 e. The van der Waals surface area contributed by atoms with Crippen molar-refractivity contribution in [1.29, 1.82) is 0 Å². The van der Waals surface area contributed by atoms with Crippen molar-refractivity contribution in [1.82, 2.24) is 10.2 Å². The van der Waals surface area contributed by atoms with E-state index >= 15 is 0 Å². The number of hydrogen-bond acceptors (Lipinski definition) is 4. The number of hydrogen-bond donors (Lipinski definition) is 1. The summed E-state index contributed by atoms with van der Waals surface area (Å²) in [5, 5.41) is 3.59. The van der Waals surface area contributed by atoms with Crippen LogP contribution in [0, 0.1) is 0 Å². The van der Waals surface area contributed by atoms with Gasteiger partial charge in [-0.2, -0.15) is 0 Å².